The number of benzene rings is 2. The van der Waals surface area contributed by atoms with Crippen molar-refractivity contribution in [2.45, 2.75) is 19.4 Å². The van der Waals surface area contributed by atoms with Crippen LogP contribution in [0.5, 0.6) is 5.75 Å². The van der Waals surface area contributed by atoms with E-state index in [-0.39, 0.29) is 17.5 Å². The Labute approximate surface area is 183 Å². The minimum Gasteiger partial charge on any atom is -0.497 e. The molecule has 10 heteroatoms. The lowest BCUT2D eigenvalue weighted by Crippen LogP contribution is -2.34. The van der Waals surface area contributed by atoms with Gasteiger partial charge in [-0.15, -0.1) is 0 Å². The molecule has 10 nitrogen and oxygen atoms in total. The van der Waals surface area contributed by atoms with Crippen molar-refractivity contribution in [3.8, 4) is 11.4 Å². The number of fused-ring (bicyclic) bond motifs is 1. The summed E-state index contributed by atoms with van der Waals surface area (Å²) in [6.07, 6.45) is 3.74. The van der Waals surface area contributed by atoms with Crippen molar-refractivity contribution in [2.24, 2.45) is 0 Å². The standard InChI is InChI=1S/C22H23N7O3/c1-14(26-20(30)16-5-3-4-6-19(16)29-24-11-12-25-29)9-10-23-22-27-18-8-7-15(32-2)13-17(18)21(31)28-22/h3-8,11-14H,9-10H2,1-2H3,(H,26,30)(H2,23,27,28,31). The molecule has 1 amide bonds. The number of nitrogens with zero attached hydrogens (tertiary/aromatic N) is 4. The molecule has 2 aromatic heterocycles. The minimum atomic E-state index is -0.249. The number of H-pyrrole nitrogens is 1. The number of para-hydroxylation sites is 1. The molecule has 0 radical (unpaired) electrons. The Morgan fingerprint density at radius 2 is 1.97 bits per heavy atom. The number of nitrogens with one attached hydrogen (secondary N) is 3. The number of rotatable bonds is 8. The van der Waals surface area contributed by atoms with E-state index in [1.165, 1.54) is 4.80 Å². The number of hydrogen-bond donors (Lipinski definition) is 3. The molecule has 0 aliphatic carbocycles. The van der Waals surface area contributed by atoms with Crippen LogP contribution in [-0.2, 0) is 0 Å². The maximum absolute atomic E-state index is 12.8. The predicted molar refractivity (Wildman–Crippen MR) is 120 cm³/mol. The molecule has 0 saturated carbocycles. The third-order valence-electron chi connectivity index (χ3n) is 4.94. The summed E-state index contributed by atoms with van der Waals surface area (Å²) in [4.78, 5) is 33.7. The van der Waals surface area contributed by atoms with Gasteiger partial charge in [0, 0.05) is 12.6 Å². The summed E-state index contributed by atoms with van der Waals surface area (Å²) in [6, 6.07) is 12.2. The lowest BCUT2D eigenvalue weighted by Gasteiger charge is -2.16. The number of anilines is 1. The topological polar surface area (TPSA) is 127 Å². The molecule has 2 aromatic carbocycles. The molecule has 0 saturated heterocycles. The van der Waals surface area contributed by atoms with Crippen LogP contribution in [0.15, 0.2) is 59.7 Å². The summed E-state index contributed by atoms with van der Waals surface area (Å²) in [7, 11) is 1.55. The highest BCUT2D eigenvalue weighted by molar-refractivity contribution is 5.97. The molecule has 164 valence electrons. The van der Waals surface area contributed by atoms with Crippen molar-refractivity contribution >= 4 is 22.8 Å². The van der Waals surface area contributed by atoms with Gasteiger partial charge in [-0.25, -0.2) is 4.98 Å². The highest BCUT2D eigenvalue weighted by Crippen LogP contribution is 2.17. The van der Waals surface area contributed by atoms with E-state index in [9.17, 15) is 9.59 Å². The molecule has 4 aromatic rings. The van der Waals surface area contributed by atoms with Crippen LogP contribution in [0.1, 0.15) is 23.7 Å². The van der Waals surface area contributed by atoms with Gasteiger partial charge in [-0.3, -0.25) is 14.6 Å². The largest absolute Gasteiger partial charge is 0.497 e. The van der Waals surface area contributed by atoms with E-state index in [0.29, 0.717) is 46.8 Å². The first-order chi connectivity index (χ1) is 15.5. The van der Waals surface area contributed by atoms with Gasteiger partial charge in [0.25, 0.3) is 11.5 Å². The number of hydrogen-bond acceptors (Lipinski definition) is 7. The first-order valence-electron chi connectivity index (χ1n) is 10.1. The SMILES string of the molecule is COc1ccc2nc(NCCC(C)NC(=O)c3ccccc3-n3nccn3)[nH]c(=O)c2c1. The number of amides is 1. The van der Waals surface area contributed by atoms with Gasteiger partial charge in [-0.05, 0) is 43.7 Å². The molecule has 0 fully saturated rings. The molecule has 2 heterocycles. The first kappa shape index (κ1) is 21.0. The Morgan fingerprint density at radius 3 is 2.75 bits per heavy atom. The first-order valence-corrected chi connectivity index (χ1v) is 10.1. The maximum Gasteiger partial charge on any atom is 0.260 e. The van der Waals surface area contributed by atoms with Gasteiger partial charge in [0.2, 0.25) is 5.95 Å². The van der Waals surface area contributed by atoms with Gasteiger partial charge in [-0.2, -0.15) is 15.0 Å². The van der Waals surface area contributed by atoms with E-state index >= 15 is 0 Å². The summed E-state index contributed by atoms with van der Waals surface area (Å²) >= 11 is 0. The fraction of sp³-hybridized carbons (Fsp3) is 0.227. The molecule has 0 aliphatic rings. The maximum atomic E-state index is 12.8. The van der Waals surface area contributed by atoms with Crippen LogP contribution >= 0.6 is 0 Å². The Hall–Kier alpha value is -4.21. The Bertz CT molecular complexity index is 1280. The molecule has 3 N–H and O–H groups in total. The third-order valence-corrected chi connectivity index (χ3v) is 4.94. The summed E-state index contributed by atoms with van der Waals surface area (Å²) in [5.74, 6) is 0.762. The van der Waals surface area contributed by atoms with Crippen LogP contribution in [0.3, 0.4) is 0 Å². The molecular formula is C22H23N7O3. The molecule has 1 unspecified atom stereocenters. The van der Waals surface area contributed by atoms with Crippen LogP contribution in [0, 0.1) is 0 Å². The molecule has 4 rings (SSSR count). The third kappa shape index (κ3) is 4.59. The average Bonchev–Trinajstić information content (AvgIpc) is 3.34. The van der Waals surface area contributed by atoms with Gasteiger partial charge >= 0.3 is 0 Å². The van der Waals surface area contributed by atoms with Crippen LogP contribution < -0.4 is 20.9 Å². The Kier molecular flexibility index (Phi) is 6.11. The smallest absolute Gasteiger partial charge is 0.260 e. The molecule has 0 spiro atoms. The van der Waals surface area contributed by atoms with Crippen LogP contribution in [0.2, 0.25) is 0 Å². The number of carbonyl (C=O) groups excluding carboxylic acids is 1. The number of methoxy groups -OCH3 is 1. The van der Waals surface area contributed by atoms with Gasteiger partial charge in [0.1, 0.15) is 5.75 Å². The Balaban J connectivity index is 1.36. The monoisotopic (exact) mass is 433 g/mol. The summed E-state index contributed by atoms with van der Waals surface area (Å²) < 4.78 is 5.15. The number of aromatic amines is 1. The lowest BCUT2D eigenvalue weighted by molar-refractivity contribution is 0.0938. The van der Waals surface area contributed by atoms with Crippen molar-refractivity contribution in [1.29, 1.82) is 0 Å². The second-order valence-corrected chi connectivity index (χ2v) is 7.22. The summed E-state index contributed by atoms with van der Waals surface area (Å²) in [5.41, 5.74) is 1.41. The molecule has 0 bridgehead atoms. The minimum absolute atomic E-state index is 0.120. The van der Waals surface area contributed by atoms with E-state index in [0.717, 1.165) is 0 Å². The van der Waals surface area contributed by atoms with Gasteiger partial charge < -0.3 is 15.4 Å². The van der Waals surface area contributed by atoms with Crippen LogP contribution in [-0.4, -0.2) is 50.6 Å². The Morgan fingerprint density at radius 1 is 1.19 bits per heavy atom. The van der Waals surface area contributed by atoms with E-state index in [1.807, 2.05) is 13.0 Å². The fourth-order valence-corrected chi connectivity index (χ4v) is 3.29. The van der Waals surface area contributed by atoms with E-state index < -0.39 is 0 Å². The highest BCUT2D eigenvalue weighted by Gasteiger charge is 2.15. The summed E-state index contributed by atoms with van der Waals surface area (Å²) in [6.45, 7) is 2.42. The second-order valence-electron chi connectivity index (χ2n) is 7.22. The van der Waals surface area contributed by atoms with Crippen molar-refractivity contribution in [3.05, 3.63) is 70.8 Å². The number of carbonyl (C=O) groups is 1. The van der Waals surface area contributed by atoms with Gasteiger partial charge in [0.15, 0.2) is 0 Å². The highest BCUT2D eigenvalue weighted by atomic mass is 16.5. The average molecular weight is 433 g/mol. The van der Waals surface area contributed by atoms with Crippen molar-refractivity contribution < 1.29 is 9.53 Å². The van der Waals surface area contributed by atoms with Gasteiger partial charge in [0.05, 0.1) is 41.7 Å². The fourth-order valence-electron chi connectivity index (χ4n) is 3.29. The van der Waals surface area contributed by atoms with Crippen molar-refractivity contribution in [3.63, 3.8) is 0 Å². The van der Waals surface area contributed by atoms with Gasteiger partial charge in [-0.1, -0.05) is 12.1 Å². The number of ether oxygens (including phenoxy) is 1. The van der Waals surface area contributed by atoms with E-state index in [4.69, 9.17) is 4.74 Å². The quantitative estimate of drug-likeness (QED) is 0.388. The molecule has 32 heavy (non-hydrogen) atoms. The zero-order chi connectivity index (χ0) is 22.5. The molecule has 0 aliphatic heterocycles. The second kappa shape index (κ2) is 9.29. The lowest BCUT2D eigenvalue weighted by atomic mass is 10.1. The van der Waals surface area contributed by atoms with Crippen LogP contribution in [0.4, 0.5) is 5.95 Å². The van der Waals surface area contributed by atoms with Crippen molar-refractivity contribution in [2.75, 3.05) is 19.0 Å². The van der Waals surface area contributed by atoms with Crippen LogP contribution in [0.25, 0.3) is 16.6 Å². The normalized spacial score (nSPS) is 11.8. The predicted octanol–water partition coefficient (Wildman–Crippen LogP) is 2.13. The van der Waals surface area contributed by atoms with Crippen molar-refractivity contribution in [1.82, 2.24) is 30.3 Å². The molecular weight excluding hydrogens is 410 g/mol. The number of aromatic nitrogens is 5. The van der Waals surface area contributed by atoms with E-state index in [2.05, 4.69) is 30.8 Å². The van der Waals surface area contributed by atoms with E-state index in [1.54, 1.807) is 55.9 Å². The molecule has 1 atom stereocenters. The zero-order valence-electron chi connectivity index (χ0n) is 17.7. The summed E-state index contributed by atoms with van der Waals surface area (Å²) in [5, 5.41) is 14.8. The zero-order valence-corrected chi connectivity index (χ0v) is 17.7.